The average molecular weight is 582 g/mol. The average Bonchev–Trinajstić information content (AvgIpc) is 2.86. The first kappa shape index (κ1) is 31.2. The second-order valence-electron chi connectivity index (χ2n) is 9.48. The van der Waals surface area contributed by atoms with Crippen LogP contribution < -0.4 is 4.90 Å². The monoisotopic (exact) mass is 581 g/mol. The molecule has 13 heteroatoms. The third kappa shape index (κ3) is 6.33. The van der Waals surface area contributed by atoms with Gasteiger partial charge in [0.2, 0.25) is 0 Å². The quantitative estimate of drug-likeness (QED) is 0.256. The Bertz CT molecular complexity index is 1220. The number of hydrogen-bond donors (Lipinski definition) is 0. The second-order valence-corrected chi connectivity index (χ2v) is 9.48. The maximum atomic E-state index is 14.3. The van der Waals surface area contributed by atoms with Crippen molar-refractivity contribution in [2.24, 2.45) is 0 Å². The summed E-state index contributed by atoms with van der Waals surface area (Å²) >= 11 is 0. The van der Waals surface area contributed by atoms with Gasteiger partial charge in [-0.2, -0.15) is 26.3 Å². The molecule has 220 valence electrons. The number of nitrogens with zero attached hydrogens (tertiary/aromatic N) is 1. The van der Waals surface area contributed by atoms with Crippen LogP contribution in [0.25, 0.3) is 0 Å². The lowest BCUT2D eigenvalue weighted by molar-refractivity contribution is -0.145. The number of ether oxygens (including phenoxy) is 2. The van der Waals surface area contributed by atoms with Crippen LogP contribution in [0.3, 0.4) is 0 Å². The highest BCUT2D eigenvalue weighted by Gasteiger charge is 2.45. The Morgan fingerprint density at radius 3 is 1.95 bits per heavy atom. The highest BCUT2D eigenvalue weighted by Crippen LogP contribution is 2.50. The topological polar surface area (TPSA) is 55.8 Å². The van der Waals surface area contributed by atoms with E-state index in [4.69, 9.17) is 9.47 Å². The largest absolute Gasteiger partial charge is 0.469 e. The predicted molar refractivity (Wildman–Crippen MR) is 128 cm³/mol. The smallest absolute Gasteiger partial charge is 0.416 e. The summed E-state index contributed by atoms with van der Waals surface area (Å²) < 4.78 is 121. The molecule has 0 aromatic heterocycles. The number of benzene rings is 2. The zero-order valence-corrected chi connectivity index (χ0v) is 21.9. The zero-order chi connectivity index (χ0) is 30.2. The number of rotatable bonds is 6. The van der Waals surface area contributed by atoms with Crippen LogP contribution in [-0.2, 0) is 32.5 Å². The molecule has 3 atom stereocenters. The summed E-state index contributed by atoms with van der Waals surface area (Å²) in [4.78, 5) is 27.2. The number of halogens is 8. The molecule has 0 saturated carbocycles. The van der Waals surface area contributed by atoms with Crippen LogP contribution in [-0.4, -0.2) is 31.8 Å². The molecule has 2 aromatic rings. The van der Waals surface area contributed by atoms with Crippen molar-refractivity contribution >= 4 is 17.7 Å². The van der Waals surface area contributed by atoms with Crippen molar-refractivity contribution in [1.82, 2.24) is 0 Å². The van der Waals surface area contributed by atoms with Crippen molar-refractivity contribution in [2.75, 3.05) is 18.6 Å². The fourth-order valence-corrected chi connectivity index (χ4v) is 4.99. The Morgan fingerprint density at radius 2 is 1.50 bits per heavy atom. The van der Waals surface area contributed by atoms with Crippen LogP contribution in [0.15, 0.2) is 36.4 Å². The zero-order valence-electron chi connectivity index (χ0n) is 21.9. The molecule has 40 heavy (non-hydrogen) atoms. The standard InChI is InChI=1S/C27H27F8NO4/c1-5-18-13-20(19-12-15(25(3,28)29)7-8-21(19)36(18)24(38)40-6-2)22(23(37)39-4)14-9-16(26(30,31)32)11-17(10-14)27(33,34)35/h7-12,18,20,22H,5-6,13H2,1-4H3/t18-,20+,22+/m1/s1. The van der Waals surface area contributed by atoms with Gasteiger partial charge in [0.1, 0.15) is 0 Å². The summed E-state index contributed by atoms with van der Waals surface area (Å²) in [6, 6.07) is 3.31. The van der Waals surface area contributed by atoms with E-state index in [0.29, 0.717) is 19.1 Å². The molecule has 0 radical (unpaired) electrons. The third-order valence-corrected chi connectivity index (χ3v) is 6.85. The Kier molecular flexibility index (Phi) is 8.76. The molecule has 1 amide bonds. The van der Waals surface area contributed by atoms with Crippen LogP contribution in [0.4, 0.5) is 45.6 Å². The number of carbonyl (C=O) groups is 2. The minimum absolute atomic E-state index is 0.0229. The number of carbonyl (C=O) groups excluding carboxylic acids is 2. The maximum Gasteiger partial charge on any atom is 0.416 e. The Balaban J connectivity index is 2.36. The molecule has 1 heterocycles. The first-order valence-electron chi connectivity index (χ1n) is 12.3. The summed E-state index contributed by atoms with van der Waals surface area (Å²) in [5.74, 6) is -7.55. The summed E-state index contributed by atoms with van der Waals surface area (Å²) in [5.41, 5.74) is -4.46. The molecule has 5 nitrogen and oxygen atoms in total. The third-order valence-electron chi connectivity index (χ3n) is 6.85. The van der Waals surface area contributed by atoms with Crippen molar-refractivity contribution in [2.45, 2.75) is 69.8 Å². The van der Waals surface area contributed by atoms with Gasteiger partial charge >= 0.3 is 24.4 Å². The van der Waals surface area contributed by atoms with Gasteiger partial charge < -0.3 is 9.47 Å². The number of hydrogen-bond acceptors (Lipinski definition) is 4. The highest BCUT2D eigenvalue weighted by atomic mass is 19.4. The molecule has 0 fully saturated rings. The number of fused-ring (bicyclic) bond motifs is 1. The SMILES string of the molecule is CCOC(=O)N1c2ccc(C(C)(F)F)cc2[C@@H]([C@@H](C(=O)OC)c2cc(C(F)(F)F)cc(C(F)(F)F)c2)C[C@H]1CC. The van der Waals surface area contributed by atoms with E-state index in [1.54, 1.807) is 13.8 Å². The van der Waals surface area contributed by atoms with E-state index < -0.39 is 70.5 Å². The fraction of sp³-hybridized carbons (Fsp3) is 0.481. The van der Waals surface area contributed by atoms with E-state index in [0.717, 1.165) is 19.2 Å². The van der Waals surface area contributed by atoms with Crippen molar-refractivity contribution in [3.05, 3.63) is 64.2 Å². The normalized spacial score (nSPS) is 18.6. The van der Waals surface area contributed by atoms with Crippen LogP contribution in [0.5, 0.6) is 0 Å². The molecule has 0 saturated heterocycles. The number of alkyl halides is 8. The van der Waals surface area contributed by atoms with Gasteiger partial charge in [-0.05, 0) is 61.2 Å². The molecule has 3 rings (SSSR count). The van der Waals surface area contributed by atoms with Crippen LogP contribution >= 0.6 is 0 Å². The first-order chi connectivity index (χ1) is 18.4. The molecular formula is C27H27F8NO4. The maximum absolute atomic E-state index is 14.3. The molecule has 2 aromatic carbocycles. The number of methoxy groups -OCH3 is 1. The van der Waals surface area contributed by atoms with E-state index in [2.05, 4.69) is 0 Å². The van der Waals surface area contributed by atoms with E-state index in [9.17, 15) is 44.7 Å². The fourth-order valence-electron chi connectivity index (χ4n) is 4.99. The summed E-state index contributed by atoms with van der Waals surface area (Å²) in [7, 11) is 0.913. The molecule has 1 aliphatic rings. The summed E-state index contributed by atoms with van der Waals surface area (Å²) in [6.45, 7) is 3.80. The van der Waals surface area contributed by atoms with Crippen molar-refractivity contribution in [1.29, 1.82) is 0 Å². The minimum Gasteiger partial charge on any atom is -0.469 e. The lowest BCUT2D eigenvalue weighted by atomic mass is 9.73. The van der Waals surface area contributed by atoms with E-state index in [-0.39, 0.29) is 36.8 Å². The van der Waals surface area contributed by atoms with Crippen LogP contribution in [0.1, 0.15) is 73.3 Å². The number of anilines is 1. The first-order valence-corrected chi connectivity index (χ1v) is 12.3. The van der Waals surface area contributed by atoms with Crippen LogP contribution in [0, 0.1) is 0 Å². The van der Waals surface area contributed by atoms with Gasteiger partial charge in [0.25, 0.3) is 5.92 Å². The summed E-state index contributed by atoms with van der Waals surface area (Å²) in [5, 5.41) is 0. The van der Waals surface area contributed by atoms with E-state index in [1.165, 1.54) is 11.0 Å². The molecule has 1 aliphatic heterocycles. The van der Waals surface area contributed by atoms with Crippen LogP contribution in [0.2, 0.25) is 0 Å². The molecule has 0 bridgehead atoms. The number of esters is 1. The van der Waals surface area contributed by atoms with Gasteiger partial charge in [-0.15, -0.1) is 0 Å². The Hall–Kier alpha value is -3.38. The molecule has 0 unspecified atom stereocenters. The Morgan fingerprint density at radius 1 is 0.925 bits per heavy atom. The van der Waals surface area contributed by atoms with E-state index >= 15 is 0 Å². The molecule has 0 N–H and O–H groups in total. The lowest BCUT2D eigenvalue weighted by Gasteiger charge is -2.42. The van der Waals surface area contributed by atoms with Gasteiger partial charge in [-0.3, -0.25) is 9.69 Å². The molecular weight excluding hydrogens is 554 g/mol. The highest BCUT2D eigenvalue weighted by molar-refractivity contribution is 5.91. The van der Waals surface area contributed by atoms with Gasteiger partial charge in [0.15, 0.2) is 0 Å². The van der Waals surface area contributed by atoms with Gasteiger partial charge in [0, 0.05) is 24.4 Å². The van der Waals surface area contributed by atoms with Crippen molar-refractivity contribution in [3.8, 4) is 0 Å². The van der Waals surface area contributed by atoms with E-state index in [1.807, 2.05) is 0 Å². The van der Waals surface area contributed by atoms with Crippen molar-refractivity contribution < 1.29 is 54.2 Å². The van der Waals surface area contributed by atoms with Gasteiger partial charge in [0.05, 0.1) is 36.4 Å². The Labute approximate surface area is 225 Å². The van der Waals surface area contributed by atoms with Crippen molar-refractivity contribution in [3.63, 3.8) is 0 Å². The lowest BCUT2D eigenvalue weighted by Crippen LogP contribution is -2.46. The predicted octanol–water partition coefficient (Wildman–Crippen LogP) is 8.02. The second kappa shape index (κ2) is 11.2. The summed E-state index contributed by atoms with van der Waals surface area (Å²) in [6.07, 6.45) is -11.1. The minimum atomic E-state index is -5.19. The molecule has 0 spiro atoms. The number of amides is 1. The molecule has 0 aliphatic carbocycles. The van der Waals surface area contributed by atoms with Gasteiger partial charge in [-0.25, -0.2) is 13.6 Å². The van der Waals surface area contributed by atoms with Gasteiger partial charge in [-0.1, -0.05) is 13.0 Å².